The van der Waals surface area contributed by atoms with Crippen molar-refractivity contribution in [3.8, 4) is 0 Å². The minimum absolute atomic E-state index is 0.0353. The van der Waals surface area contributed by atoms with E-state index in [4.69, 9.17) is 4.52 Å². The van der Waals surface area contributed by atoms with Crippen LogP contribution in [0.3, 0.4) is 0 Å². The first-order valence-electron chi connectivity index (χ1n) is 13.7. The van der Waals surface area contributed by atoms with Crippen LogP contribution in [0, 0.1) is 13.8 Å². The molecule has 2 bridgehead atoms. The van der Waals surface area contributed by atoms with Crippen molar-refractivity contribution >= 4 is 33.4 Å². The molecule has 0 spiro atoms. The summed E-state index contributed by atoms with van der Waals surface area (Å²) in [6.07, 6.45) is 2.07. The average Bonchev–Trinajstić information content (AvgIpc) is 3.32. The Morgan fingerprint density at radius 2 is 1.74 bits per heavy atom. The van der Waals surface area contributed by atoms with Crippen molar-refractivity contribution in [1.82, 2.24) is 30.4 Å². The molecule has 0 aliphatic carbocycles. The Bertz CT molecular complexity index is 1490. The van der Waals surface area contributed by atoms with Gasteiger partial charge in [-0.25, -0.2) is 8.42 Å². The maximum atomic E-state index is 13.6. The van der Waals surface area contributed by atoms with Crippen LogP contribution >= 0.6 is 0 Å². The lowest BCUT2D eigenvalue weighted by atomic mass is 10.0. The number of aryl methyl sites for hydroxylation is 2. The normalized spacial score (nSPS) is 18.4. The number of hydrogen-bond acceptors (Lipinski definition) is 9. The Balaban J connectivity index is 1.58. The molecule has 1 aromatic carbocycles. The van der Waals surface area contributed by atoms with Crippen molar-refractivity contribution in [1.29, 1.82) is 0 Å². The monoisotopic (exact) mass is 597 g/mol. The second kappa shape index (κ2) is 14.0. The van der Waals surface area contributed by atoms with Gasteiger partial charge < -0.3 is 25.8 Å². The maximum absolute atomic E-state index is 13.6. The first-order valence-corrected chi connectivity index (χ1v) is 15.1. The number of hydrogen-bond donors (Lipinski definition) is 4. The summed E-state index contributed by atoms with van der Waals surface area (Å²) in [5.41, 5.74) is 1.80. The SMILES string of the molecule is Cc1noc(C)c1S(=O)(=O)N1CCCC(=O)NCCNc2ccnc(c2)C(=O)N[C@@H](Cc2ccccc2)C(=O)NCC1. The number of rotatable bonds is 4. The number of nitrogens with zero attached hydrogens (tertiary/aromatic N) is 3. The quantitative estimate of drug-likeness (QED) is 0.344. The summed E-state index contributed by atoms with van der Waals surface area (Å²) in [5, 5.41) is 15.2. The number of benzene rings is 1. The van der Waals surface area contributed by atoms with E-state index in [1.807, 2.05) is 30.3 Å². The molecule has 0 fully saturated rings. The van der Waals surface area contributed by atoms with Gasteiger partial charge in [0.05, 0.1) is 0 Å². The molecule has 3 aromatic rings. The predicted molar refractivity (Wildman–Crippen MR) is 154 cm³/mol. The van der Waals surface area contributed by atoms with Gasteiger partial charge in [0.1, 0.15) is 22.3 Å². The van der Waals surface area contributed by atoms with Crippen molar-refractivity contribution in [3.05, 3.63) is 71.4 Å². The van der Waals surface area contributed by atoms with Crippen molar-refractivity contribution in [3.63, 3.8) is 0 Å². The first-order chi connectivity index (χ1) is 20.1. The smallest absolute Gasteiger partial charge is 0.270 e. The highest BCUT2D eigenvalue weighted by Gasteiger charge is 2.31. The summed E-state index contributed by atoms with van der Waals surface area (Å²) in [4.78, 5) is 43.0. The molecule has 4 N–H and O–H groups in total. The topological polar surface area (TPSA) is 176 Å². The van der Waals surface area contributed by atoms with E-state index in [0.717, 1.165) is 5.56 Å². The number of carbonyl (C=O) groups excluding carboxylic acids is 3. The zero-order valence-corrected chi connectivity index (χ0v) is 24.4. The number of sulfonamides is 1. The van der Waals surface area contributed by atoms with Crippen molar-refractivity contribution < 1.29 is 27.3 Å². The standard InChI is InChI=1S/C28H35N7O6S/c1-19-26(20(2)41-34-19)42(39,40)35-15-6-9-25(36)31-13-12-29-22-10-11-30-23(18-22)28(38)33-24(27(37)32-14-16-35)17-21-7-4-3-5-8-21/h3-5,7-8,10-11,18,24,29H,6,9,12-17H2,1-2H3,(H,31,36)(H,32,37)(H,33,38)/t24-/m0/s1. The highest BCUT2D eigenvalue weighted by molar-refractivity contribution is 7.89. The zero-order valence-electron chi connectivity index (χ0n) is 23.6. The summed E-state index contributed by atoms with van der Waals surface area (Å²) in [6, 6.07) is 11.6. The highest BCUT2D eigenvalue weighted by Crippen LogP contribution is 2.23. The van der Waals surface area contributed by atoms with Crippen molar-refractivity contribution in [2.75, 3.05) is 38.0 Å². The number of amides is 3. The van der Waals surface area contributed by atoms with Gasteiger partial charge in [0, 0.05) is 57.4 Å². The molecular formula is C28H35N7O6S. The van der Waals surface area contributed by atoms with Crippen LogP contribution in [0.2, 0.25) is 0 Å². The number of carbonyl (C=O) groups is 3. The van der Waals surface area contributed by atoms with E-state index in [0.29, 0.717) is 18.8 Å². The van der Waals surface area contributed by atoms with Gasteiger partial charge in [0.15, 0.2) is 5.76 Å². The van der Waals surface area contributed by atoms with Crippen molar-refractivity contribution in [2.45, 2.75) is 44.0 Å². The Hall–Kier alpha value is -4.30. The summed E-state index contributed by atoms with van der Waals surface area (Å²) < 4.78 is 33.5. The van der Waals surface area contributed by atoms with Crippen LogP contribution in [0.4, 0.5) is 5.69 Å². The minimum atomic E-state index is -4.04. The largest absolute Gasteiger partial charge is 0.383 e. The van der Waals surface area contributed by atoms with Crippen molar-refractivity contribution in [2.24, 2.45) is 0 Å². The third-order valence-electron chi connectivity index (χ3n) is 6.71. The minimum Gasteiger partial charge on any atom is -0.383 e. The van der Waals surface area contributed by atoms with Gasteiger partial charge in [-0.2, -0.15) is 4.31 Å². The summed E-state index contributed by atoms with van der Waals surface area (Å²) in [6.45, 7) is 3.70. The van der Waals surface area contributed by atoms with Gasteiger partial charge in [0.25, 0.3) is 5.91 Å². The molecule has 0 unspecified atom stereocenters. The van der Waals surface area contributed by atoms with Gasteiger partial charge in [-0.15, -0.1) is 0 Å². The lowest BCUT2D eigenvalue weighted by molar-refractivity contribution is -0.123. The third-order valence-corrected chi connectivity index (χ3v) is 8.85. The van der Waals surface area contributed by atoms with Gasteiger partial charge in [-0.05, 0) is 38.0 Å². The Morgan fingerprint density at radius 3 is 2.48 bits per heavy atom. The highest BCUT2D eigenvalue weighted by atomic mass is 32.2. The molecular weight excluding hydrogens is 562 g/mol. The lowest BCUT2D eigenvalue weighted by Crippen LogP contribution is -2.50. The first kappa shape index (κ1) is 30.7. The fraction of sp³-hybridized carbons (Fsp3) is 0.393. The van der Waals surface area contributed by atoms with Crippen LogP contribution in [0.1, 0.15) is 40.3 Å². The van der Waals surface area contributed by atoms with Crippen LogP contribution < -0.4 is 21.3 Å². The summed E-state index contributed by atoms with van der Waals surface area (Å²) in [7, 11) is -4.04. The second-order valence-electron chi connectivity index (χ2n) is 9.87. The fourth-order valence-corrected chi connectivity index (χ4v) is 6.39. The van der Waals surface area contributed by atoms with E-state index in [2.05, 4.69) is 31.4 Å². The molecule has 4 rings (SSSR count). The number of nitrogens with one attached hydrogen (secondary N) is 4. The van der Waals surface area contributed by atoms with E-state index in [1.165, 1.54) is 17.4 Å². The predicted octanol–water partition coefficient (Wildman–Crippen LogP) is 1.16. The van der Waals surface area contributed by atoms with E-state index in [-0.39, 0.29) is 66.8 Å². The molecule has 3 heterocycles. The Kier molecular flexibility index (Phi) is 10.3. The Morgan fingerprint density at radius 1 is 0.976 bits per heavy atom. The average molecular weight is 598 g/mol. The third kappa shape index (κ3) is 7.91. The molecule has 1 atom stereocenters. The summed E-state index contributed by atoms with van der Waals surface area (Å²) >= 11 is 0. The molecule has 0 radical (unpaired) electrons. The second-order valence-corrected chi connectivity index (χ2v) is 11.7. The fourth-order valence-electron chi connectivity index (χ4n) is 4.62. The molecule has 0 saturated heterocycles. The zero-order chi connectivity index (χ0) is 30.1. The number of aromatic nitrogens is 2. The Labute approximate surface area is 244 Å². The molecule has 1 aliphatic rings. The van der Waals surface area contributed by atoms with Crippen LogP contribution in [0.25, 0.3) is 0 Å². The molecule has 224 valence electrons. The lowest BCUT2D eigenvalue weighted by Gasteiger charge is -2.23. The van der Waals surface area contributed by atoms with E-state index in [9.17, 15) is 22.8 Å². The molecule has 42 heavy (non-hydrogen) atoms. The molecule has 14 heteroatoms. The van der Waals surface area contributed by atoms with E-state index >= 15 is 0 Å². The molecule has 2 aromatic heterocycles. The number of fused-ring (bicyclic) bond motifs is 2. The van der Waals surface area contributed by atoms with Gasteiger partial charge in [-0.3, -0.25) is 19.4 Å². The number of anilines is 1. The summed E-state index contributed by atoms with van der Waals surface area (Å²) in [5.74, 6) is -1.09. The molecule has 13 nitrogen and oxygen atoms in total. The van der Waals surface area contributed by atoms with E-state index in [1.54, 1.807) is 19.1 Å². The molecule has 1 aliphatic heterocycles. The van der Waals surface area contributed by atoms with Crippen LogP contribution in [0.15, 0.2) is 58.1 Å². The van der Waals surface area contributed by atoms with Gasteiger partial charge in [-0.1, -0.05) is 35.5 Å². The van der Waals surface area contributed by atoms with Crippen LogP contribution in [-0.2, 0) is 26.0 Å². The van der Waals surface area contributed by atoms with E-state index < -0.39 is 27.9 Å². The molecule has 3 amide bonds. The maximum Gasteiger partial charge on any atom is 0.270 e. The number of pyridine rings is 1. The molecule has 0 saturated carbocycles. The van der Waals surface area contributed by atoms with Crippen LogP contribution in [0.5, 0.6) is 0 Å². The van der Waals surface area contributed by atoms with Gasteiger partial charge >= 0.3 is 0 Å². The van der Waals surface area contributed by atoms with Crippen LogP contribution in [-0.4, -0.2) is 79.4 Å². The van der Waals surface area contributed by atoms with Gasteiger partial charge in [0.2, 0.25) is 21.8 Å².